The molecule has 0 spiro atoms. The zero-order chi connectivity index (χ0) is 13.7. The highest BCUT2D eigenvalue weighted by molar-refractivity contribution is 6.31. The van der Waals surface area contributed by atoms with Gasteiger partial charge in [-0.2, -0.15) is 0 Å². The second-order valence-corrected chi connectivity index (χ2v) is 5.20. The average Bonchev–Trinajstić information content (AvgIpc) is 2.51. The molecule has 0 N–H and O–H groups in total. The van der Waals surface area contributed by atoms with Gasteiger partial charge in [0.05, 0.1) is 0 Å². The maximum absolute atomic E-state index is 12.7. The van der Waals surface area contributed by atoms with E-state index in [1.54, 1.807) is 18.2 Å². The lowest BCUT2D eigenvalue weighted by atomic mass is 9.73. The molecule has 2 heteroatoms. The highest BCUT2D eigenvalue weighted by atomic mass is 16.1. The van der Waals surface area contributed by atoms with Crippen molar-refractivity contribution in [3.8, 4) is 0 Å². The molecule has 0 unspecified atom stereocenters. The standard InChI is InChI=1S/C18H12O2/c19-17-13-7-3-4-8-14(13)18(20)16-12-6-2-1-5-11(12)9-10-15(16)17/h1-5,7-8,10H,6,9H2. The quantitative estimate of drug-likeness (QED) is 0.714. The molecule has 4 rings (SSSR count). The number of rotatable bonds is 0. The van der Waals surface area contributed by atoms with Crippen molar-refractivity contribution in [3.63, 3.8) is 0 Å². The number of carbonyl (C=O) groups excluding carboxylic acids is 2. The molecule has 1 aromatic carbocycles. The van der Waals surface area contributed by atoms with Crippen LogP contribution in [0.4, 0.5) is 0 Å². The van der Waals surface area contributed by atoms with Crippen LogP contribution in [0.1, 0.15) is 33.6 Å². The molecule has 1 aromatic rings. The van der Waals surface area contributed by atoms with Crippen LogP contribution in [0.3, 0.4) is 0 Å². The summed E-state index contributed by atoms with van der Waals surface area (Å²) in [6, 6.07) is 7.10. The van der Waals surface area contributed by atoms with Crippen molar-refractivity contribution in [3.05, 3.63) is 82.0 Å². The minimum Gasteiger partial charge on any atom is -0.289 e. The molecule has 0 heterocycles. The zero-order valence-corrected chi connectivity index (χ0v) is 10.8. The van der Waals surface area contributed by atoms with Crippen molar-refractivity contribution in [1.29, 1.82) is 0 Å². The molecule has 0 atom stereocenters. The fourth-order valence-corrected chi connectivity index (χ4v) is 3.16. The van der Waals surface area contributed by atoms with Crippen LogP contribution in [0.25, 0.3) is 0 Å². The van der Waals surface area contributed by atoms with Crippen LogP contribution in [0.2, 0.25) is 0 Å². The largest absolute Gasteiger partial charge is 0.289 e. The molecule has 0 amide bonds. The Balaban J connectivity index is 2.02. The molecular weight excluding hydrogens is 248 g/mol. The molecule has 96 valence electrons. The van der Waals surface area contributed by atoms with Gasteiger partial charge >= 0.3 is 0 Å². The summed E-state index contributed by atoms with van der Waals surface area (Å²) in [6.45, 7) is 0. The number of hydrogen-bond donors (Lipinski definition) is 0. The van der Waals surface area contributed by atoms with Crippen LogP contribution in [0.5, 0.6) is 0 Å². The first-order valence-electron chi connectivity index (χ1n) is 6.75. The van der Waals surface area contributed by atoms with E-state index in [4.69, 9.17) is 0 Å². The summed E-state index contributed by atoms with van der Waals surface area (Å²) in [7, 11) is 0. The van der Waals surface area contributed by atoms with Gasteiger partial charge in [0.25, 0.3) is 0 Å². The highest BCUT2D eigenvalue weighted by Gasteiger charge is 2.36. The van der Waals surface area contributed by atoms with Crippen LogP contribution in [-0.4, -0.2) is 11.6 Å². The van der Waals surface area contributed by atoms with E-state index in [1.165, 1.54) is 0 Å². The van der Waals surface area contributed by atoms with Gasteiger partial charge in [-0.15, -0.1) is 0 Å². The Bertz CT molecular complexity index is 785. The average molecular weight is 260 g/mol. The molecule has 0 fully saturated rings. The topological polar surface area (TPSA) is 34.1 Å². The van der Waals surface area contributed by atoms with E-state index >= 15 is 0 Å². The van der Waals surface area contributed by atoms with Gasteiger partial charge in [0.1, 0.15) is 0 Å². The lowest BCUT2D eigenvalue weighted by Crippen LogP contribution is -2.26. The van der Waals surface area contributed by atoms with Gasteiger partial charge < -0.3 is 0 Å². The van der Waals surface area contributed by atoms with E-state index in [1.807, 2.05) is 30.4 Å². The van der Waals surface area contributed by atoms with E-state index in [0.717, 1.165) is 24.0 Å². The molecular formula is C18H12O2. The van der Waals surface area contributed by atoms with Crippen molar-refractivity contribution < 1.29 is 9.59 Å². The van der Waals surface area contributed by atoms with Gasteiger partial charge in [-0.1, -0.05) is 48.6 Å². The van der Waals surface area contributed by atoms with Crippen molar-refractivity contribution >= 4 is 11.6 Å². The second kappa shape index (κ2) is 4.01. The van der Waals surface area contributed by atoms with Crippen molar-refractivity contribution in [2.24, 2.45) is 0 Å². The third kappa shape index (κ3) is 1.39. The van der Waals surface area contributed by atoms with Crippen LogP contribution < -0.4 is 0 Å². The maximum Gasteiger partial charge on any atom is 0.194 e. The number of carbonyl (C=O) groups is 2. The van der Waals surface area contributed by atoms with Gasteiger partial charge in [-0.25, -0.2) is 0 Å². The number of hydrogen-bond acceptors (Lipinski definition) is 2. The summed E-state index contributed by atoms with van der Waals surface area (Å²) in [5.74, 6) is -0.0290. The van der Waals surface area contributed by atoms with Crippen molar-refractivity contribution in [1.82, 2.24) is 0 Å². The third-order valence-electron chi connectivity index (χ3n) is 4.13. The lowest BCUT2D eigenvalue weighted by Gasteiger charge is -2.27. The van der Waals surface area contributed by atoms with Gasteiger partial charge in [0, 0.05) is 22.3 Å². The first-order chi connectivity index (χ1) is 9.77. The smallest absolute Gasteiger partial charge is 0.194 e. The fraction of sp³-hybridized carbons (Fsp3) is 0.111. The summed E-state index contributed by atoms with van der Waals surface area (Å²) >= 11 is 0. The second-order valence-electron chi connectivity index (χ2n) is 5.20. The Morgan fingerprint density at radius 3 is 2.45 bits per heavy atom. The Hall–Kier alpha value is -2.48. The van der Waals surface area contributed by atoms with Gasteiger partial charge in [0.15, 0.2) is 11.6 Å². The first kappa shape index (κ1) is 11.4. The number of benzene rings is 1. The number of allylic oxidation sites excluding steroid dienone is 8. The van der Waals surface area contributed by atoms with E-state index < -0.39 is 0 Å². The van der Waals surface area contributed by atoms with Crippen LogP contribution in [0, 0.1) is 0 Å². The molecule has 0 bridgehead atoms. The molecule has 0 aromatic heterocycles. The number of fused-ring (bicyclic) bond motifs is 3. The van der Waals surface area contributed by atoms with Crippen molar-refractivity contribution in [2.45, 2.75) is 12.8 Å². The van der Waals surface area contributed by atoms with Crippen LogP contribution in [0.15, 0.2) is 70.9 Å². The Morgan fingerprint density at radius 1 is 0.900 bits per heavy atom. The molecule has 0 radical (unpaired) electrons. The molecule has 0 saturated heterocycles. The van der Waals surface area contributed by atoms with E-state index in [9.17, 15) is 9.59 Å². The molecule has 20 heavy (non-hydrogen) atoms. The third-order valence-corrected chi connectivity index (χ3v) is 4.13. The van der Waals surface area contributed by atoms with E-state index in [2.05, 4.69) is 0 Å². The molecule has 0 saturated carbocycles. The Labute approximate surface area is 116 Å². The van der Waals surface area contributed by atoms with E-state index in [0.29, 0.717) is 22.3 Å². The molecule has 2 nitrogen and oxygen atoms in total. The normalized spacial score (nSPS) is 20.0. The number of Topliss-reactive ketones (excluding diaryl/α,β-unsaturated/α-hetero) is 2. The minimum atomic E-state index is -0.0173. The Kier molecular flexibility index (Phi) is 2.27. The first-order valence-corrected chi connectivity index (χ1v) is 6.75. The lowest BCUT2D eigenvalue weighted by molar-refractivity contribution is 0.0971. The SMILES string of the molecule is O=C1C2=CCC3=CC=CCC3=C2C(=O)c2ccccc21. The summed E-state index contributed by atoms with van der Waals surface area (Å²) in [5.41, 5.74) is 4.47. The maximum atomic E-state index is 12.7. The summed E-state index contributed by atoms with van der Waals surface area (Å²) in [5, 5.41) is 0. The number of ketones is 2. The molecule has 3 aliphatic rings. The molecule has 3 aliphatic carbocycles. The summed E-state index contributed by atoms with van der Waals surface area (Å²) < 4.78 is 0. The monoisotopic (exact) mass is 260 g/mol. The Morgan fingerprint density at radius 2 is 1.65 bits per heavy atom. The zero-order valence-electron chi connectivity index (χ0n) is 10.8. The van der Waals surface area contributed by atoms with Crippen LogP contribution in [-0.2, 0) is 0 Å². The summed E-state index contributed by atoms with van der Waals surface area (Å²) in [4.78, 5) is 25.3. The van der Waals surface area contributed by atoms with Gasteiger partial charge in [0.2, 0.25) is 0 Å². The van der Waals surface area contributed by atoms with Crippen molar-refractivity contribution in [2.75, 3.05) is 0 Å². The van der Waals surface area contributed by atoms with Gasteiger partial charge in [-0.3, -0.25) is 9.59 Å². The summed E-state index contributed by atoms with van der Waals surface area (Å²) in [6.07, 6.45) is 9.46. The minimum absolute atomic E-state index is 0.0117. The fourth-order valence-electron chi connectivity index (χ4n) is 3.16. The predicted octanol–water partition coefficient (Wildman–Crippen LogP) is 3.58. The van der Waals surface area contributed by atoms with Crippen LogP contribution >= 0.6 is 0 Å². The predicted molar refractivity (Wildman–Crippen MR) is 76.7 cm³/mol. The molecule has 0 aliphatic heterocycles. The van der Waals surface area contributed by atoms with Gasteiger partial charge in [-0.05, 0) is 24.0 Å². The highest BCUT2D eigenvalue weighted by Crippen LogP contribution is 2.40. The van der Waals surface area contributed by atoms with E-state index in [-0.39, 0.29) is 11.6 Å².